The van der Waals surface area contributed by atoms with Gasteiger partial charge >= 0.3 is 0 Å². The van der Waals surface area contributed by atoms with E-state index in [9.17, 15) is 9.59 Å². The molecule has 1 amide bonds. The van der Waals surface area contributed by atoms with Crippen LogP contribution < -0.4 is 10.2 Å². The zero-order valence-electron chi connectivity index (χ0n) is 20.2. The Balaban J connectivity index is 1.20. The summed E-state index contributed by atoms with van der Waals surface area (Å²) in [6.45, 7) is 7.23. The van der Waals surface area contributed by atoms with Gasteiger partial charge < -0.3 is 10.2 Å². The molecule has 0 bridgehead atoms. The molecule has 0 aromatic heterocycles. The van der Waals surface area contributed by atoms with E-state index in [2.05, 4.69) is 46.3 Å². The van der Waals surface area contributed by atoms with Gasteiger partial charge in [0.2, 0.25) is 0 Å². The lowest BCUT2D eigenvalue weighted by molar-refractivity contribution is 0.0973. The average Bonchev–Trinajstić information content (AvgIpc) is 2.90. The first-order chi connectivity index (χ1) is 17.0. The number of amides is 1. The van der Waals surface area contributed by atoms with E-state index in [0.29, 0.717) is 28.3 Å². The van der Waals surface area contributed by atoms with E-state index in [1.165, 1.54) is 11.3 Å². The smallest absolute Gasteiger partial charge is 0.255 e. The van der Waals surface area contributed by atoms with Gasteiger partial charge in [-0.25, -0.2) is 0 Å². The fourth-order valence-corrected chi connectivity index (χ4v) is 4.61. The molecule has 1 saturated heterocycles. The minimum absolute atomic E-state index is 0.135. The molecule has 4 rings (SSSR count). The molecule has 1 heterocycles. The zero-order chi connectivity index (χ0) is 24.6. The van der Waals surface area contributed by atoms with E-state index >= 15 is 0 Å². The Bertz CT molecular complexity index is 1140. The van der Waals surface area contributed by atoms with Gasteiger partial charge in [0.15, 0.2) is 5.78 Å². The molecule has 0 atom stereocenters. The van der Waals surface area contributed by atoms with Crippen molar-refractivity contribution in [2.75, 3.05) is 42.9 Å². The molecule has 5 nitrogen and oxygen atoms in total. The van der Waals surface area contributed by atoms with Crippen LogP contribution in [-0.4, -0.2) is 49.3 Å². The minimum Gasteiger partial charge on any atom is -0.369 e. The summed E-state index contributed by atoms with van der Waals surface area (Å²) in [7, 11) is 0. The van der Waals surface area contributed by atoms with Crippen molar-refractivity contribution in [3.63, 3.8) is 0 Å². The second-order valence-corrected chi connectivity index (χ2v) is 9.31. The summed E-state index contributed by atoms with van der Waals surface area (Å²) in [5.74, 6) is -0.0740. The number of aryl methyl sites for hydroxylation is 1. The van der Waals surface area contributed by atoms with E-state index in [0.717, 1.165) is 45.6 Å². The number of para-hydroxylation sites is 1. The van der Waals surface area contributed by atoms with Crippen molar-refractivity contribution in [1.82, 2.24) is 4.90 Å². The van der Waals surface area contributed by atoms with E-state index in [1.807, 2.05) is 0 Å². The van der Waals surface area contributed by atoms with Gasteiger partial charge in [0.25, 0.3) is 5.91 Å². The maximum Gasteiger partial charge on any atom is 0.255 e. The van der Waals surface area contributed by atoms with Crippen molar-refractivity contribution in [3.05, 3.63) is 94.5 Å². The number of ketones is 1. The van der Waals surface area contributed by atoms with Crippen LogP contribution in [0.25, 0.3) is 0 Å². The number of nitrogens with zero attached hydrogens (tertiary/aromatic N) is 2. The van der Waals surface area contributed by atoms with Crippen LogP contribution in [0.1, 0.15) is 46.0 Å². The highest BCUT2D eigenvalue weighted by atomic mass is 35.5. The standard InChI is InChI=1S/C29H32ClN3O2/c1-2-22-6-3-4-7-27(22)33-20-18-32(19-21-33)17-5-8-28(34)23-11-15-26(16-12-23)31-29(35)24-9-13-25(30)14-10-24/h3-4,6-7,9-16H,2,5,8,17-21H2,1H3,(H,31,35). The van der Waals surface area contributed by atoms with Crippen LogP contribution in [-0.2, 0) is 6.42 Å². The topological polar surface area (TPSA) is 52.6 Å². The highest BCUT2D eigenvalue weighted by molar-refractivity contribution is 6.30. The SMILES string of the molecule is CCc1ccccc1N1CCN(CCCC(=O)c2ccc(NC(=O)c3ccc(Cl)cc3)cc2)CC1. The van der Waals surface area contributed by atoms with Gasteiger partial charge in [-0.15, -0.1) is 0 Å². The number of carbonyl (C=O) groups excluding carboxylic acids is 2. The summed E-state index contributed by atoms with van der Waals surface area (Å²) in [5.41, 5.74) is 4.63. The molecule has 3 aromatic rings. The van der Waals surface area contributed by atoms with Crippen molar-refractivity contribution in [3.8, 4) is 0 Å². The minimum atomic E-state index is -0.209. The second kappa shape index (κ2) is 12.0. The molecule has 0 radical (unpaired) electrons. The Labute approximate surface area is 212 Å². The Morgan fingerprint density at radius 3 is 2.20 bits per heavy atom. The maximum absolute atomic E-state index is 12.7. The van der Waals surface area contributed by atoms with Crippen molar-refractivity contribution in [2.24, 2.45) is 0 Å². The zero-order valence-corrected chi connectivity index (χ0v) is 20.9. The van der Waals surface area contributed by atoms with Crippen molar-refractivity contribution in [1.29, 1.82) is 0 Å². The summed E-state index contributed by atoms with van der Waals surface area (Å²) in [6, 6.07) is 22.5. The summed E-state index contributed by atoms with van der Waals surface area (Å²) in [4.78, 5) is 29.9. The van der Waals surface area contributed by atoms with Crippen LogP contribution >= 0.6 is 11.6 Å². The van der Waals surface area contributed by atoms with Gasteiger partial charge in [0.05, 0.1) is 0 Å². The first kappa shape index (κ1) is 25.0. The number of benzene rings is 3. The van der Waals surface area contributed by atoms with Gasteiger partial charge in [-0.2, -0.15) is 0 Å². The maximum atomic E-state index is 12.7. The van der Waals surface area contributed by atoms with Crippen LogP contribution in [0.4, 0.5) is 11.4 Å². The molecule has 1 N–H and O–H groups in total. The van der Waals surface area contributed by atoms with Crippen LogP contribution in [0.2, 0.25) is 5.02 Å². The van der Waals surface area contributed by atoms with Crippen molar-refractivity contribution >= 4 is 34.7 Å². The summed E-state index contributed by atoms with van der Waals surface area (Å²) >= 11 is 5.87. The average molecular weight is 490 g/mol. The third-order valence-corrected chi connectivity index (χ3v) is 6.79. The summed E-state index contributed by atoms with van der Waals surface area (Å²) in [6.07, 6.45) is 2.42. The normalized spacial score (nSPS) is 14.1. The van der Waals surface area contributed by atoms with E-state index in [-0.39, 0.29) is 11.7 Å². The van der Waals surface area contributed by atoms with Gasteiger partial charge in [-0.05, 0) is 79.5 Å². The highest BCUT2D eigenvalue weighted by Crippen LogP contribution is 2.22. The summed E-state index contributed by atoms with van der Waals surface area (Å²) < 4.78 is 0. The molecule has 0 saturated carbocycles. The fourth-order valence-electron chi connectivity index (χ4n) is 4.48. The number of Topliss-reactive ketones (excluding diaryl/α,β-unsaturated/α-hetero) is 1. The molecule has 0 spiro atoms. The Hall–Kier alpha value is -3.15. The van der Waals surface area contributed by atoms with Crippen LogP contribution in [0.5, 0.6) is 0 Å². The Kier molecular flexibility index (Phi) is 8.56. The fraction of sp³-hybridized carbons (Fsp3) is 0.310. The molecule has 6 heteroatoms. The molecule has 35 heavy (non-hydrogen) atoms. The van der Waals surface area contributed by atoms with E-state index in [4.69, 9.17) is 11.6 Å². The predicted molar refractivity (Wildman–Crippen MR) is 144 cm³/mol. The van der Waals surface area contributed by atoms with Gasteiger partial charge in [-0.3, -0.25) is 14.5 Å². The number of piperazine rings is 1. The Morgan fingerprint density at radius 1 is 0.857 bits per heavy atom. The first-order valence-electron chi connectivity index (χ1n) is 12.3. The number of hydrogen-bond acceptors (Lipinski definition) is 4. The highest BCUT2D eigenvalue weighted by Gasteiger charge is 2.19. The predicted octanol–water partition coefficient (Wildman–Crippen LogP) is 5.94. The van der Waals surface area contributed by atoms with Gasteiger partial charge in [0, 0.05) is 60.1 Å². The third-order valence-electron chi connectivity index (χ3n) is 6.53. The van der Waals surface area contributed by atoms with Gasteiger partial charge in [0.1, 0.15) is 0 Å². The summed E-state index contributed by atoms with van der Waals surface area (Å²) in [5, 5.41) is 3.44. The van der Waals surface area contributed by atoms with Gasteiger partial charge in [-0.1, -0.05) is 36.7 Å². The lowest BCUT2D eigenvalue weighted by Gasteiger charge is -2.37. The van der Waals surface area contributed by atoms with Crippen molar-refractivity contribution < 1.29 is 9.59 Å². The molecule has 0 unspecified atom stereocenters. The van der Waals surface area contributed by atoms with E-state index < -0.39 is 0 Å². The molecular formula is C29H32ClN3O2. The number of hydrogen-bond donors (Lipinski definition) is 1. The third kappa shape index (κ3) is 6.71. The van der Waals surface area contributed by atoms with Crippen LogP contribution in [0.3, 0.4) is 0 Å². The molecule has 182 valence electrons. The quantitative estimate of drug-likeness (QED) is 0.378. The molecule has 3 aromatic carbocycles. The largest absolute Gasteiger partial charge is 0.369 e. The molecule has 1 aliphatic heterocycles. The number of nitrogens with one attached hydrogen (secondary N) is 1. The lowest BCUT2D eigenvalue weighted by atomic mass is 10.1. The second-order valence-electron chi connectivity index (χ2n) is 8.88. The lowest BCUT2D eigenvalue weighted by Crippen LogP contribution is -2.47. The Morgan fingerprint density at radius 2 is 1.51 bits per heavy atom. The van der Waals surface area contributed by atoms with Crippen LogP contribution in [0.15, 0.2) is 72.8 Å². The number of anilines is 2. The van der Waals surface area contributed by atoms with E-state index in [1.54, 1.807) is 48.5 Å². The van der Waals surface area contributed by atoms with Crippen LogP contribution in [0, 0.1) is 0 Å². The molecule has 1 aliphatic rings. The monoisotopic (exact) mass is 489 g/mol. The number of rotatable bonds is 9. The molecule has 0 aliphatic carbocycles. The first-order valence-corrected chi connectivity index (χ1v) is 12.7. The van der Waals surface area contributed by atoms with Crippen molar-refractivity contribution in [2.45, 2.75) is 26.2 Å². The molecule has 1 fully saturated rings. The molecular weight excluding hydrogens is 458 g/mol. The number of carbonyl (C=O) groups is 2. The number of halogens is 1.